The molecule has 506 valence electrons. The van der Waals surface area contributed by atoms with Crippen LogP contribution in [0, 0.1) is 17.8 Å². The summed E-state index contributed by atoms with van der Waals surface area (Å²) in [4.78, 5) is 172. The molecule has 2 aromatic heterocycles. The third-order valence-electron chi connectivity index (χ3n) is 16.1. The monoisotopic (exact) mass is 1300 g/mol. The normalized spacial score (nSPS) is 16.4. The van der Waals surface area contributed by atoms with Gasteiger partial charge < -0.3 is 89.9 Å². The molecule has 3 heterocycles. The Kier molecular flexibility index (Phi) is 28.7. The Hall–Kier alpha value is -9.94. The number of carbonyl (C=O) groups excluding carboxylic acids is 9. The van der Waals surface area contributed by atoms with Crippen LogP contribution in [0.1, 0.15) is 109 Å². The number of carbonyl (C=O) groups is 11. The first kappa shape index (κ1) is 73.8. The van der Waals surface area contributed by atoms with Gasteiger partial charge in [0, 0.05) is 62.6 Å². The Morgan fingerprint density at radius 1 is 0.602 bits per heavy atom. The van der Waals surface area contributed by atoms with Gasteiger partial charge in [0.25, 0.3) is 0 Å². The fraction of sp³-hybridized carbons (Fsp3) is 0.516. The van der Waals surface area contributed by atoms with Crippen LogP contribution in [0.25, 0.3) is 0 Å². The molecule has 0 saturated carbocycles. The van der Waals surface area contributed by atoms with Crippen LogP contribution in [-0.2, 0) is 78.4 Å². The molecule has 0 unspecified atom stereocenters. The number of aromatic amines is 2. The quantitative estimate of drug-likeness (QED) is 0.0141. The van der Waals surface area contributed by atoms with E-state index in [0.29, 0.717) is 41.8 Å². The van der Waals surface area contributed by atoms with Crippen molar-refractivity contribution >= 4 is 71.1 Å². The summed E-state index contributed by atoms with van der Waals surface area (Å²) in [5.74, 6) is -12.1. The molecule has 5 rings (SSSR count). The molecule has 4 aromatic rings. The van der Waals surface area contributed by atoms with Gasteiger partial charge in [-0.2, -0.15) is 0 Å². The van der Waals surface area contributed by atoms with E-state index >= 15 is 4.79 Å². The van der Waals surface area contributed by atoms with Crippen molar-refractivity contribution < 1.29 is 68.1 Å². The van der Waals surface area contributed by atoms with Gasteiger partial charge in [0.15, 0.2) is 5.96 Å². The van der Waals surface area contributed by atoms with E-state index in [0.717, 1.165) is 0 Å². The van der Waals surface area contributed by atoms with Crippen LogP contribution >= 0.6 is 0 Å². The molecule has 1 aliphatic rings. The fourth-order valence-electron chi connectivity index (χ4n) is 10.4. The number of hydrogen-bond acceptors (Lipinski definition) is 16. The summed E-state index contributed by atoms with van der Waals surface area (Å²) >= 11 is 0. The molecule has 12 atom stereocenters. The van der Waals surface area contributed by atoms with E-state index in [1.807, 2.05) is 0 Å². The number of aliphatic carboxylic acids is 2. The molecule has 9 amide bonds. The zero-order valence-corrected chi connectivity index (χ0v) is 53.1. The maximum Gasteiger partial charge on any atom is 0.326 e. The number of nitrogens with one attached hydrogen (secondary N) is 10. The van der Waals surface area contributed by atoms with Crippen molar-refractivity contribution in [1.29, 1.82) is 0 Å². The Morgan fingerprint density at radius 3 is 1.63 bits per heavy atom. The van der Waals surface area contributed by atoms with Crippen LogP contribution in [0.3, 0.4) is 0 Å². The van der Waals surface area contributed by atoms with E-state index in [1.165, 1.54) is 54.2 Å². The standard InChI is InChI=1S/C62H89N17O14/c1-7-34(5)50(77-55(86)44(25-37-18-20-40(80)21-19-37)74-58(89)49(33(3)4)76-53(84)42(16-12-22-68-62(64)65)71-52(83)41(63)28-48(81)82)59(90)75-46(27-39-30-67-32-70-39)60(91)79-23-13-17-47(79)57(88)73-43(24-36-14-10-9-11-15-36)54(85)72-45(26-38-29-66-31-69-38)56(87)78-51(61(92)93)35(6)8-2/h9-11,14-15,18-21,29-35,41-47,49-51,80H,7-8,12-13,16-17,22-28,63H2,1-6H3,(H,66,69)(H,67,70)(H,71,83)(H,72,85)(H,73,88)(H,74,89)(H,75,90)(H,76,84)(H,77,86)(H,78,87)(H,81,82)(H,92,93)(H4,64,65,68)/t34-,35-,41-,42-,43-,44-,45-,46-,47-,49-,50-,51-/m0/s1. The van der Waals surface area contributed by atoms with Crippen LogP contribution in [0.2, 0.25) is 0 Å². The average Bonchev–Trinajstić information content (AvgIpc) is 1.84. The lowest BCUT2D eigenvalue weighted by Crippen LogP contribution is -2.62. The topological polar surface area (TPSA) is 496 Å². The van der Waals surface area contributed by atoms with E-state index in [9.17, 15) is 63.3 Å². The van der Waals surface area contributed by atoms with Gasteiger partial charge in [0.05, 0.1) is 25.1 Å². The van der Waals surface area contributed by atoms with E-state index in [1.54, 1.807) is 71.9 Å². The number of aromatic hydroxyl groups is 1. The average molecular weight is 1300 g/mol. The van der Waals surface area contributed by atoms with Crippen LogP contribution in [0.15, 0.2) is 84.6 Å². The Morgan fingerprint density at radius 2 is 1.09 bits per heavy atom. The molecule has 1 aliphatic heterocycles. The van der Waals surface area contributed by atoms with E-state index < -0.39 is 150 Å². The maximum absolute atomic E-state index is 15.1. The summed E-state index contributed by atoms with van der Waals surface area (Å²) in [6.45, 7) is 10.2. The third-order valence-corrected chi connectivity index (χ3v) is 16.1. The molecule has 2 aromatic carbocycles. The summed E-state index contributed by atoms with van der Waals surface area (Å²) in [6.07, 6.45) is 5.58. The number of aliphatic imine (C=N–C) groups is 1. The summed E-state index contributed by atoms with van der Waals surface area (Å²) < 4.78 is 0. The molecule has 0 bridgehead atoms. The second kappa shape index (κ2) is 36.2. The predicted molar refractivity (Wildman–Crippen MR) is 338 cm³/mol. The van der Waals surface area contributed by atoms with Gasteiger partial charge in [-0.25, -0.2) is 14.8 Å². The van der Waals surface area contributed by atoms with Gasteiger partial charge in [-0.1, -0.05) is 96.8 Å². The largest absolute Gasteiger partial charge is 0.508 e. The lowest BCUT2D eigenvalue weighted by atomic mass is 9.96. The first-order valence-electron chi connectivity index (χ1n) is 30.9. The number of phenolic OH excluding ortho intramolecular Hbond substituents is 1. The van der Waals surface area contributed by atoms with Crippen molar-refractivity contribution in [2.24, 2.45) is 39.9 Å². The summed E-state index contributed by atoms with van der Waals surface area (Å²) in [5, 5.41) is 50.9. The van der Waals surface area contributed by atoms with Crippen molar-refractivity contribution in [3.63, 3.8) is 0 Å². The molecular formula is C62H89N17O14. The molecule has 93 heavy (non-hydrogen) atoms. The molecule has 1 fully saturated rings. The van der Waals surface area contributed by atoms with Gasteiger partial charge in [0.1, 0.15) is 60.1 Å². The van der Waals surface area contributed by atoms with E-state index in [4.69, 9.17) is 17.2 Å². The van der Waals surface area contributed by atoms with Crippen molar-refractivity contribution in [2.75, 3.05) is 13.1 Å². The number of guanidine groups is 1. The minimum atomic E-state index is -1.53. The lowest BCUT2D eigenvalue weighted by Gasteiger charge is -2.32. The molecule has 0 radical (unpaired) electrons. The molecular weight excluding hydrogens is 1210 g/mol. The molecule has 0 aliphatic carbocycles. The summed E-state index contributed by atoms with van der Waals surface area (Å²) in [7, 11) is 0. The summed E-state index contributed by atoms with van der Waals surface area (Å²) in [5.41, 5.74) is 18.7. The fourth-order valence-corrected chi connectivity index (χ4v) is 10.4. The van der Waals surface area contributed by atoms with E-state index in [-0.39, 0.29) is 69.7 Å². The molecule has 19 N–H and O–H groups in total. The van der Waals surface area contributed by atoms with Gasteiger partial charge in [-0.3, -0.25) is 52.9 Å². The maximum atomic E-state index is 15.1. The van der Waals surface area contributed by atoms with Crippen LogP contribution in [0.4, 0.5) is 0 Å². The third kappa shape index (κ3) is 23.0. The van der Waals surface area contributed by atoms with Crippen molar-refractivity contribution in [3.8, 4) is 5.75 Å². The number of imidazole rings is 2. The number of nitrogens with two attached hydrogens (primary N) is 3. The molecule has 31 heteroatoms. The molecule has 1 saturated heterocycles. The second-order valence-electron chi connectivity index (χ2n) is 23.6. The Labute approximate surface area is 538 Å². The number of benzene rings is 2. The SMILES string of the molecule is CC[C@H](C)[C@H](NC(=O)[C@H](Cc1cnc[nH]1)NC(=O)[C@H](Cc1ccccc1)NC(=O)[C@@H]1CCCN1C(=O)[C@H](Cc1cnc[nH]1)NC(=O)[C@@H](NC(=O)[C@H](Cc1ccc(O)cc1)NC(=O)[C@@H](NC(=O)[C@H](CCCN=C(N)N)NC(=O)[C@@H](N)CC(=O)O)C(C)C)[C@@H](C)CC)C(=O)O. The highest BCUT2D eigenvalue weighted by atomic mass is 16.4. The molecule has 31 nitrogen and oxygen atoms in total. The number of amides is 9. The number of rotatable bonds is 37. The Balaban J connectivity index is 1.40. The summed E-state index contributed by atoms with van der Waals surface area (Å²) in [6, 6.07) is 0.797. The first-order chi connectivity index (χ1) is 44.2. The van der Waals surface area contributed by atoms with Gasteiger partial charge in [-0.05, 0) is 66.7 Å². The smallest absolute Gasteiger partial charge is 0.326 e. The zero-order valence-electron chi connectivity index (χ0n) is 53.1. The van der Waals surface area contributed by atoms with Crippen LogP contribution < -0.4 is 59.7 Å². The van der Waals surface area contributed by atoms with Crippen molar-refractivity contribution in [2.45, 2.75) is 173 Å². The number of likely N-dealkylation sites (tertiary alicyclic amines) is 1. The zero-order chi connectivity index (χ0) is 68.5. The first-order valence-corrected chi connectivity index (χ1v) is 30.9. The minimum Gasteiger partial charge on any atom is -0.508 e. The highest BCUT2D eigenvalue weighted by Gasteiger charge is 2.42. The van der Waals surface area contributed by atoms with Gasteiger partial charge in [-0.15, -0.1) is 0 Å². The van der Waals surface area contributed by atoms with Crippen molar-refractivity contribution in [1.82, 2.24) is 67.4 Å². The number of aromatic nitrogens is 4. The van der Waals surface area contributed by atoms with Crippen molar-refractivity contribution in [3.05, 3.63) is 102 Å². The Bertz CT molecular complexity index is 3180. The number of carboxylic acids is 2. The number of hydrogen-bond donors (Lipinski definition) is 16. The van der Waals surface area contributed by atoms with Gasteiger partial charge in [0.2, 0.25) is 53.2 Å². The number of phenols is 1. The predicted octanol–water partition coefficient (Wildman–Crippen LogP) is -1.33. The number of carboxylic acid groups (broad SMARTS) is 2. The number of nitrogens with zero attached hydrogens (tertiary/aromatic N) is 4. The van der Waals surface area contributed by atoms with Gasteiger partial charge >= 0.3 is 11.9 Å². The molecule has 0 spiro atoms. The second-order valence-corrected chi connectivity index (χ2v) is 23.6. The highest BCUT2D eigenvalue weighted by molar-refractivity contribution is 5.99. The number of H-pyrrole nitrogens is 2. The lowest BCUT2D eigenvalue weighted by molar-refractivity contribution is -0.144. The van der Waals surface area contributed by atoms with Crippen LogP contribution in [-0.4, -0.2) is 185 Å². The van der Waals surface area contributed by atoms with Crippen LogP contribution in [0.5, 0.6) is 5.75 Å². The minimum absolute atomic E-state index is 0.0425. The highest BCUT2D eigenvalue weighted by Crippen LogP contribution is 2.22. The van der Waals surface area contributed by atoms with E-state index in [2.05, 4.69) is 67.5 Å².